The monoisotopic (exact) mass is 277 g/mol. The van der Waals surface area contributed by atoms with Crippen LogP contribution in [0, 0.1) is 10.1 Å². The lowest BCUT2D eigenvalue weighted by atomic mass is 10.5. The summed E-state index contributed by atoms with van der Waals surface area (Å²) in [6.45, 7) is 4.03. The Hall–Kier alpha value is -1.67. The summed E-state index contributed by atoms with van der Waals surface area (Å²) < 4.78 is 1.24. The molecule has 2 N–H and O–H groups in total. The minimum atomic E-state index is -0.598. The van der Waals surface area contributed by atoms with E-state index in [2.05, 4.69) is 15.7 Å². The molecule has 1 amide bonds. The maximum atomic E-state index is 11.4. The molecule has 8 nitrogen and oxygen atoms in total. The van der Waals surface area contributed by atoms with Gasteiger partial charge in [-0.1, -0.05) is 6.92 Å². The van der Waals surface area contributed by atoms with Gasteiger partial charge in [0.15, 0.2) is 0 Å². The van der Waals surface area contributed by atoms with E-state index < -0.39 is 4.92 Å². The fraction of sp³-hybridized carbons (Fsp3) is 0.556. The summed E-state index contributed by atoms with van der Waals surface area (Å²) in [7, 11) is 0. The largest absolute Gasteiger partial charge is 0.389 e. The fourth-order valence-corrected chi connectivity index (χ4v) is 1.21. The van der Waals surface area contributed by atoms with Gasteiger partial charge in [-0.15, -0.1) is 12.4 Å². The predicted octanol–water partition coefficient (Wildman–Crippen LogP) is -0.0612. The predicted molar refractivity (Wildman–Crippen MR) is 67.7 cm³/mol. The van der Waals surface area contributed by atoms with E-state index in [-0.39, 0.29) is 30.7 Å². The second-order valence-electron chi connectivity index (χ2n) is 3.33. The van der Waals surface area contributed by atoms with Crippen molar-refractivity contribution in [1.82, 2.24) is 20.4 Å². The normalized spacial score (nSPS) is 9.61. The van der Waals surface area contributed by atoms with E-state index in [0.29, 0.717) is 13.1 Å². The van der Waals surface area contributed by atoms with Crippen molar-refractivity contribution >= 4 is 24.1 Å². The molecule has 1 aromatic heterocycles. The standard InChI is InChI=1S/C9H15N5O3.ClH/c1-2-10-4-5-11-9(15)7-13-6-3-8(12-13)14(16)17;/h3,6,10H,2,4-5,7H2,1H3,(H,11,15);1H. The first-order valence-corrected chi connectivity index (χ1v) is 5.28. The number of likely N-dealkylation sites (N-methyl/N-ethyl adjacent to an activating group) is 1. The first kappa shape index (κ1) is 16.3. The van der Waals surface area contributed by atoms with E-state index in [9.17, 15) is 14.9 Å². The Labute approximate surface area is 110 Å². The van der Waals surface area contributed by atoms with Crippen molar-refractivity contribution in [3.63, 3.8) is 0 Å². The zero-order valence-corrected chi connectivity index (χ0v) is 10.8. The van der Waals surface area contributed by atoms with Crippen molar-refractivity contribution in [3.8, 4) is 0 Å². The number of nitrogens with zero attached hydrogens (tertiary/aromatic N) is 3. The molecule has 102 valence electrons. The zero-order chi connectivity index (χ0) is 12.7. The van der Waals surface area contributed by atoms with E-state index in [1.54, 1.807) is 0 Å². The van der Waals surface area contributed by atoms with E-state index in [4.69, 9.17) is 0 Å². The second-order valence-corrected chi connectivity index (χ2v) is 3.33. The molecular weight excluding hydrogens is 262 g/mol. The molecule has 0 aliphatic rings. The third kappa shape index (κ3) is 5.60. The highest BCUT2D eigenvalue weighted by Gasteiger charge is 2.12. The number of aromatic nitrogens is 2. The van der Waals surface area contributed by atoms with Gasteiger partial charge in [0.2, 0.25) is 5.91 Å². The molecule has 0 fully saturated rings. The van der Waals surface area contributed by atoms with Gasteiger partial charge in [-0.3, -0.25) is 4.79 Å². The molecule has 0 radical (unpaired) electrons. The molecular formula is C9H16ClN5O3. The number of hydrogen-bond donors (Lipinski definition) is 2. The van der Waals surface area contributed by atoms with E-state index >= 15 is 0 Å². The van der Waals surface area contributed by atoms with E-state index in [1.165, 1.54) is 16.9 Å². The van der Waals surface area contributed by atoms with Gasteiger partial charge >= 0.3 is 5.82 Å². The van der Waals surface area contributed by atoms with Crippen LogP contribution in [0.5, 0.6) is 0 Å². The van der Waals surface area contributed by atoms with Crippen molar-refractivity contribution in [2.45, 2.75) is 13.5 Å². The number of carbonyl (C=O) groups excluding carboxylic acids is 1. The Balaban J connectivity index is 0.00000289. The Morgan fingerprint density at radius 3 is 2.83 bits per heavy atom. The zero-order valence-electron chi connectivity index (χ0n) is 9.96. The molecule has 0 atom stereocenters. The van der Waals surface area contributed by atoms with Crippen LogP contribution in [-0.2, 0) is 11.3 Å². The molecule has 1 aromatic rings. The van der Waals surface area contributed by atoms with Crippen LogP contribution in [0.1, 0.15) is 6.92 Å². The lowest BCUT2D eigenvalue weighted by molar-refractivity contribution is -0.389. The van der Waals surface area contributed by atoms with Gasteiger partial charge in [0.1, 0.15) is 6.54 Å². The maximum Gasteiger partial charge on any atom is 0.389 e. The summed E-state index contributed by atoms with van der Waals surface area (Å²) in [5.74, 6) is -0.480. The highest BCUT2D eigenvalue weighted by Crippen LogP contribution is 2.04. The average molecular weight is 278 g/mol. The smallest absolute Gasteiger partial charge is 0.358 e. The van der Waals surface area contributed by atoms with Crippen molar-refractivity contribution < 1.29 is 9.72 Å². The van der Waals surface area contributed by atoms with Crippen molar-refractivity contribution in [3.05, 3.63) is 22.4 Å². The summed E-state index contributed by atoms with van der Waals surface area (Å²) in [4.78, 5) is 21.2. The highest BCUT2D eigenvalue weighted by atomic mass is 35.5. The highest BCUT2D eigenvalue weighted by molar-refractivity contribution is 5.85. The summed E-state index contributed by atoms with van der Waals surface area (Å²) in [6, 6.07) is 1.26. The topological polar surface area (TPSA) is 102 Å². The van der Waals surface area contributed by atoms with Crippen molar-refractivity contribution in [2.24, 2.45) is 0 Å². The molecule has 9 heteroatoms. The SMILES string of the molecule is CCNCCNC(=O)Cn1ccc([N+](=O)[O-])n1.Cl. The molecule has 0 aromatic carbocycles. The average Bonchev–Trinajstić information content (AvgIpc) is 2.73. The Morgan fingerprint density at radius 2 is 2.28 bits per heavy atom. The van der Waals surface area contributed by atoms with Crippen LogP contribution < -0.4 is 10.6 Å². The summed E-state index contributed by atoms with van der Waals surface area (Å²) in [5, 5.41) is 19.7. The summed E-state index contributed by atoms with van der Waals surface area (Å²) in [5.41, 5.74) is 0. The van der Waals surface area contributed by atoms with E-state index in [1.807, 2.05) is 6.92 Å². The number of halogens is 1. The van der Waals surface area contributed by atoms with E-state index in [0.717, 1.165) is 6.54 Å². The lowest BCUT2D eigenvalue weighted by Crippen LogP contribution is -2.34. The van der Waals surface area contributed by atoms with Gasteiger partial charge in [-0.05, 0) is 11.5 Å². The molecule has 0 aliphatic carbocycles. The first-order valence-electron chi connectivity index (χ1n) is 5.28. The van der Waals surface area contributed by atoms with Crippen LogP contribution in [0.3, 0.4) is 0 Å². The first-order chi connectivity index (χ1) is 8.13. The maximum absolute atomic E-state index is 11.4. The van der Waals surface area contributed by atoms with Crippen LogP contribution in [0.15, 0.2) is 12.3 Å². The molecule has 0 spiro atoms. The Morgan fingerprint density at radius 1 is 1.56 bits per heavy atom. The number of carbonyl (C=O) groups is 1. The van der Waals surface area contributed by atoms with Crippen LogP contribution in [0.2, 0.25) is 0 Å². The third-order valence-corrected chi connectivity index (χ3v) is 1.99. The third-order valence-electron chi connectivity index (χ3n) is 1.99. The number of nitrogens with one attached hydrogen (secondary N) is 2. The minimum Gasteiger partial charge on any atom is -0.358 e. The second kappa shape index (κ2) is 8.43. The van der Waals surface area contributed by atoms with Crippen LogP contribution >= 0.6 is 12.4 Å². The van der Waals surface area contributed by atoms with Crippen molar-refractivity contribution in [1.29, 1.82) is 0 Å². The molecule has 1 rings (SSSR count). The molecule has 18 heavy (non-hydrogen) atoms. The van der Waals surface area contributed by atoms with Crippen LogP contribution in [0.4, 0.5) is 5.82 Å². The van der Waals surface area contributed by atoms with Crippen LogP contribution in [0.25, 0.3) is 0 Å². The van der Waals surface area contributed by atoms with Gasteiger partial charge in [0.05, 0.1) is 17.4 Å². The van der Waals surface area contributed by atoms with Gasteiger partial charge in [0.25, 0.3) is 0 Å². The molecule has 0 bridgehead atoms. The molecule has 0 saturated carbocycles. The number of nitro groups is 1. The molecule has 0 saturated heterocycles. The van der Waals surface area contributed by atoms with Gasteiger partial charge in [-0.25, -0.2) is 0 Å². The van der Waals surface area contributed by atoms with Crippen LogP contribution in [-0.4, -0.2) is 40.2 Å². The summed E-state index contributed by atoms with van der Waals surface area (Å²) in [6.07, 6.45) is 1.40. The number of rotatable bonds is 7. The Bertz CT molecular complexity index is 395. The number of amides is 1. The molecule has 1 heterocycles. The van der Waals surface area contributed by atoms with Gasteiger partial charge in [-0.2, -0.15) is 4.68 Å². The quantitative estimate of drug-likeness (QED) is 0.413. The molecule has 0 unspecified atom stereocenters. The molecule has 0 aliphatic heterocycles. The lowest BCUT2D eigenvalue weighted by Gasteiger charge is -2.03. The fourth-order valence-electron chi connectivity index (χ4n) is 1.21. The summed E-state index contributed by atoms with van der Waals surface area (Å²) >= 11 is 0. The van der Waals surface area contributed by atoms with Crippen molar-refractivity contribution in [2.75, 3.05) is 19.6 Å². The number of hydrogen-bond acceptors (Lipinski definition) is 5. The Kier molecular flexibility index (Phi) is 7.64. The van der Waals surface area contributed by atoms with Gasteiger partial charge in [0, 0.05) is 13.1 Å². The minimum absolute atomic E-state index is 0. The van der Waals surface area contributed by atoms with Gasteiger partial charge < -0.3 is 20.7 Å².